The molecule has 25 heavy (non-hydrogen) atoms. The van der Waals surface area contributed by atoms with Crippen LogP contribution in [-0.4, -0.2) is 15.9 Å². The lowest BCUT2D eigenvalue weighted by Gasteiger charge is -2.06. The van der Waals surface area contributed by atoms with E-state index in [2.05, 4.69) is 31.2 Å². The first-order valence-corrected chi connectivity index (χ1v) is 8.21. The summed E-state index contributed by atoms with van der Waals surface area (Å²) in [5.41, 5.74) is 1.63. The molecule has 0 saturated heterocycles. The number of hydrogen-bond acceptors (Lipinski definition) is 3. The maximum Gasteiger partial charge on any atom is 0.258 e. The van der Waals surface area contributed by atoms with Crippen LogP contribution in [0.2, 0.25) is 0 Å². The van der Waals surface area contributed by atoms with E-state index in [9.17, 15) is 9.18 Å². The smallest absolute Gasteiger partial charge is 0.258 e. The number of carbonyl (C=O) groups is 1. The molecule has 1 amide bonds. The van der Waals surface area contributed by atoms with Gasteiger partial charge in [-0.2, -0.15) is 0 Å². The van der Waals surface area contributed by atoms with Gasteiger partial charge in [-0.25, -0.2) is 9.37 Å². The molecule has 4 rings (SSSR count). The van der Waals surface area contributed by atoms with Crippen molar-refractivity contribution in [1.29, 1.82) is 0 Å². The number of furan rings is 1. The molecule has 2 aromatic heterocycles. The SMILES string of the molecule is O=C(Nc1ccccc1F)c1cccc2[nH]c(-c3ccc(Br)o3)nc12. The first-order chi connectivity index (χ1) is 12.1. The molecule has 0 aliphatic heterocycles. The molecule has 124 valence electrons. The number of para-hydroxylation sites is 2. The van der Waals surface area contributed by atoms with Crippen molar-refractivity contribution >= 4 is 38.6 Å². The van der Waals surface area contributed by atoms with E-state index >= 15 is 0 Å². The Morgan fingerprint density at radius 2 is 1.96 bits per heavy atom. The number of aromatic nitrogens is 2. The molecule has 0 bridgehead atoms. The summed E-state index contributed by atoms with van der Waals surface area (Å²) in [4.78, 5) is 20.1. The van der Waals surface area contributed by atoms with Gasteiger partial charge >= 0.3 is 0 Å². The number of hydrogen-bond donors (Lipinski definition) is 2. The van der Waals surface area contributed by atoms with Gasteiger partial charge in [-0.05, 0) is 52.3 Å². The van der Waals surface area contributed by atoms with Crippen LogP contribution in [0.3, 0.4) is 0 Å². The minimum atomic E-state index is -0.494. The molecular weight excluding hydrogens is 389 g/mol. The van der Waals surface area contributed by atoms with Crippen molar-refractivity contribution < 1.29 is 13.6 Å². The quantitative estimate of drug-likeness (QED) is 0.510. The minimum Gasteiger partial charge on any atom is -0.446 e. The first-order valence-electron chi connectivity index (χ1n) is 7.42. The number of anilines is 1. The van der Waals surface area contributed by atoms with Crippen LogP contribution in [0.5, 0.6) is 0 Å². The fourth-order valence-electron chi connectivity index (χ4n) is 2.53. The molecule has 2 N–H and O–H groups in total. The van der Waals surface area contributed by atoms with Gasteiger partial charge in [-0.15, -0.1) is 0 Å². The normalized spacial score (nSPS) is 11.0. The second-order valence-electron chi connectivity index (χ2n) is 5.32. The van der Waals surface area contributed by atoms with Crippen LogP contribution in [0, 0.1) is 5.82 Å². The summed E-state index contributed by atoms with van der Waals surface area (Å²) in [5, 5.41) is 2.57. The van der Waals surface area contributed by atoms with Crippen LogP contribution in [-0.2, 0) is 0 Å². The predicted molar refractivity (Wildman–Crippen MR) is 95.8 cm³/mol. The standard InChI is InChI=1S/C18H11BrFN3O2/c19-15-9-8-14(25-15)17-21-13-7-3-4-10(16(13)23-17)18(24)22-12-6-2-1-5-11(12)20/h1-9H,(H,21,23)(H,22,24). The number of H-pyrrole nitrogens is 1. The van der Waals surface area contributed by atoms with E-state index in [-0.39, 0.29) is 5.69 Å². The third kappa shape index (κ3) is 2.94. The number of amides is 1. The van der Waals surface area contributed by atoms with E-state index in [0.717, 1.165) is 0 Å². The lowest BCUT2D eigenvalue weighted by Crippen LogP contribution is -2.13. The highest BCUT2D eigenvalue weighted by atomic mass is 79.9. The number of benzene rings is 2. The average Bonchev–Trinajstić information content (AvgIpc) is 3.22. The van der Waals surface area contributed by atoms with E-state index in [0.29, 0.717) is 32.9 Å². The molecule has 0 atom stereocenters. The molecule has 0 fully saturated rings. The van der Waals surface area contributed by atoms with Gasteiger partial charge in [0.15, 0.2) is 16.3 Å². The molecule has 7 heteroatoms. The Labute approximate surface area is 150 Å². The summed E-state index contributed by atoms with van der Waals surface area (Å²) in [6, 6.07) is 14.7. The third-order valence-electron chi connectivity index (χ3n) is 3.69. The highest BCUT2D eigenvalue weighted by molar-refractivity contribution is 9.10. The number of carbonyl (C=O) groups excluding carboxylic acids is 1. The van der Waals surface area contributed by atoms with Gasteiger partial charge < -0.3 is 14.7 Å². The van der Waals surface area contributed by atoms with Crippen molar-refractivity contribution in [2.24, 2.45) is 0 Å². The number of nitrogens with one attached hydrogen (secondary N) is 2. The Bertz CT molecular complexity index is 1090. The second kappa shape index (κ2) is 6.18. The Kier molecular flexibility index (Phi) is 3.85. The van der Waals surface area contributed by atoms with Gasteiger partial charge in [0.2, 0.25) is 0 Å². The zero-order valence-corrected chi connectivity index (χ0v) is 14.3. The van der Waals surface area contributed by atoms with Crippen LogP contribution in [0.25, 0.3) is 22.6 Å². The van der Waals surface area contributed by atoms with Crippen molar-refractivity contribution in [2.45, 2.75) is 0 Å². The predicted octanol–water partition coefficient (Wildman–Crippen LogP) is 4.98. The van der Waals surface area contributed by atoms with Crippen LogP contribution in [0.15, 0.2) is 63.7 Å². The lowest BCUT2D eigenvalue weighted by molar-refractivity contribution is 0.102. The van der Waals surface area contributed by atoms with E-state index in [1.807, 2.05) is 6.07 Å². The fraction of sp³-hybridized carbons (Fsp3) is 0. The topological polar surface area (TPSA) is 70.9 Å². The van der Waals surface area contributed by atoms with Gasteiger partial charge in [0.25, 0.3) is 5.91 Å². The van der Waals surface area contributed by atoms with Crippen molar-refractivity contribution in [3.8, 4) is 11.6 Å². The number of halogens is 2. The van der Waals surface area contributed by atoms with E-state index in [4.69, 9.17) is 4.42 Å². The molecule has 0 aliphatic rings. The minimum absolute atomic E-state index is 0.121. The summed E-state index contributed by atoms with van der Waals surface area (Å²) in [7, 11) is 0. The first kappa shape index (κ1) is 15.6. The van der Waals surface area contributed by atoms with Crippen LogP contribution in [0.1, 0.15) is 10.4 Å². The molecule has 0 saturated carbocycles. The largest absolute Gasteiger partial charge is 0.446 e. The van der Waals surface area contributed by atoms with Crippen LogP contribution in [0.4, 0.5) is 10.1 Å². The molecule has 2 aromatic carbocycles. The zero-order chi connectivity index (χ0) is 17.4. The highest BCUT2D eigenvalue weighted by Crippen LogP contribution is 2.26. The summed E-state index contributed by atoms with van der Waals surface area (Å²) in [6.07, 6.45) is 0. The second-order valence-corrected chi connectivity index (χ2v) is 6.11. The summed E-state index contributed by atoms with van der Waals surface area (Å²) >= 11 is 3.25. The van der Waals surface area contributed by atoms with Gasteiger partial charge in [0, 0.05) is 0 Å². The Morgan fingerprint density at radius 1 is 1.12 bits per heavy atom. The average molecular weight is 400 g/mol. The molecule has 0 spiro atoms. The Hall–Kier alpha value is -2.93. The molecular formula is C18H11BrFN3O2. The van der Waals surface area contributed by atoms with Gasteiger partial charge in [-0.3, -0.25) is 4.79 Å². The lowest BCUT2D eigenvalue weighted by atomic mass is 10.1. The number of nitrogens with zero attached hydrogens (tertiary/aromatic N) is 1. The molecule has 0 aliphatic carbocycles. The van der Waals surface area contributed by atoms with Crippen LogP contribution < -0.4 is 5.32 Å². The van der Waals surface area contributed by atoms with E-state index in [1.54, 1.807) is 36.4 Å². The van der Waals surface area contributed by atoms with Crippen molar-refractivity contribution in [2.75, 3.05) is 5.32 Å². The number of rotatable bonds is 3. The zero-order valence-electron chi connectivity index (χ0n) is 12.7. The molecule has 4 aromatic rings. The van der Waals surface area contributed by atoms with E-state index in [1.165, 1.54) is 12.1 Å². The van der Waals surface area contributed by atoms with Crippen LogP contribution >= 0.6 is 15.9 Å². The van der Waals surface area contributed by atoms with Crippen molar-refractivity contribution in [3.05, 3.63) is 70.6 Å². The Balaban J connectivity index is 1.73. The van der Waals surface area contributed by atoms with Gasteiger partial charge in [0.05, 0.1) is 16.8 Å². The van der Waals surface area contributed by atoms with Gasteiger partial charge in [0.1, 0.15) is 11.3 Å². The van der Waals surface area contributed by atoms with Crippen molar-refractivity contribution in [3.63, 3.8) is 0 Å². The maximum absolute atomic E-state index is 13.8. The highest BCUT2D eigenvalue weighted by Gasteiger charge is 2.16. The fourth-order valence-corrected chi connectivity index (χ4v) is 2.83. The Morgan fingerprint density at radius 3 is 2.72 bits per heavy atom. The molecule has 2 heterocycles. The molecule has 0 unspecified atom stereocenters. The number of aromatic amines is 1. The summed E-state index contributed by atoms with van der Waals surface area (Å²) in [5.74, 6) is 0.121. The van der Waals surface area contributed by atoms with Crippen molar-refractivity contribution in [1.82, 2.24) is 9.97 Å². The summed E-state index contributed by atoms with van der Waals surface area (Å²) in [6.45, 7) is 0. The molecule has 5 nitrogen and oxygen atoms in total. The molecule has 0 radical (unpaired) electrons. The summed E-state index contributed by atoms with van der Waals surface area (Å²) < 4.78 is 19.8. The monoisotopic (exact) mass is 399 g/mol. The third-order valence-corrected chi connectivity index (χ3v) is 4.11. The van der Waals surface area contributed by atoms with E-state index < -0.39 is 11.7 Å². The number of imidazole rings is 1. The maximum atomic E-state index is 13.8. The number of fused-ring (bicyclic) bond motifs is 1. The van der Waals surface area contributed by atoms with Gasteiger partial charge in [-0.1, -0.05) is 18.2 Å².